The van der Waals surface area contributed by atoms with Crippen LogP contribution >= 0.6 is 0 Å². The number of aromatic nitrogens is 2. The number of aliphatic hydroxyl groups excluding tert-OH is 2. The van der Waals surface area contributed by atoms with Crippen LogP contribution in [0.2, 0.25) is 0 Å². The maximum absolute atomic E-state index is 14.0. The molecule has 2 heterocycles. The normalized spacial score (nSPS) is 13.4. The second-order valence-corrected chi connectivity index (χ2v) is 8.98. The largest absolute Gasteiger partial charge is 0.512 e. The lowest BCUT2D eigenvalue weighted by molar-refractivity contribution is 0.497. The monoisotopic (exact) mass is 482 g/mol. The molecule has 8 nitrogen and oxygen atoms in total. The smallest absolute Gasteiger partial charge is 0.267 e. The third-order valence-corrected chi connectivity index (χ3v) is 6.45. The van der Waals surface area contributed by atoms with E-state index in [0.717, 1.165) is 20.3 Å². The number of aryl methyl sites for hydroxylation is 2. The van der Waals surface area contributed by atoms with Crippen molar-refractivity contribution in [3.63, 3.8) is 0 Å². The Morgan fingerprint density at radius 2 is 0.889 bits per heavy atom. The first-order chi connectivity index (χ1) is 17.0. The highest BCUT2D eigenvalue weighted by Gasteiger charge is 2.23. The average molecular weight is 482 g/mol. The molecule has 0 atom stereocenters. The summed E-state index contributed by atoms with van der Waals surface area (Å²) in [5.41, 5.74) is -0.511. The van der Waals surface area contributed by atoms with E-state index in [9.17, 15) is 29.4 Å². The van der Waals surface area contributed by atoms with Gasteiger partial charge in [-0.25, -0.2) is 0 Å². The molecule has 36 heavy (non-hydrogen) atoms. The lowest BCUT2D eigenvalue weighted by Crippen LogP contribution is -2.33. The van der Waals surface area contributed by atoms with Gasteiger partial charge in [0.05, 0.1) is 20.9 Å². The Kier molecular flexibility index (Phi) is 5.06. The van der Waals surface area contributed by atoms with Crippen molar-refractivity contribution >= 4 is 11.5 Å². The zero-order valence-electron chi connectivity index (χ0n) is 20.0. The summed E-state index contributed by atoms with van der Waals surface area (Å²) < 4.78 is 2.16. The van der Waals surface area contributed by atoms with E-state index in [-0.39, 0.29) is 31.6 Å². The number of benzene rings is 2. The van der Waals surface area contributed by atoms with Gasteiger partial charge in [-0.2, -0.15) is 0 Å². The van der Waals surface area contributed by atoms with Crippen LogP contribution in [-0.4, -0.2) is 19.3 Å². The molecule has 0 saturated heterocycles. The predicted octanol–water partition coefficient (Wildman–Crippen LogP) is 1.02. The summed E-state index contributed by atoms with van der Waals surface area (Å²) in [5.74, 6) is -0.847. The molecule has 0 fully saturated rings. The topological polar surface area (TPSA) is 119 Å². The van der Waals surface area contributed by atoms with Crippen molar-refractivity contribution in [3.8, 4) is 11.4 Å². The van der Waals surface area contributed by atoms with E-state index in [2.05, 4.69) is 0 Å². The Balaban J connectivity index is 2.20. The zero-order chi connectivity index (χ0) is 26.0. The van der Waals surface area contributed by atoms with Gasteiger partial charge in [0.2, 0.25) is 10.9 Å². The first-order valence-electron chi connectivity index (χ1n) is 11.2. The molecule has 2 N–H and O–H groups in total. The van der Waals surface area contributed by atoms with Gasteiger partial charge in [0.1, 0.15) is 22.2 Å². The summed E-state index contributed by atoms with van der Waals surface area (Å²) >= 11 is 0. The molecule has 0 aromatic heterocycles. The molecule has 2 aliphatic heterocycles. The van der Waals surface area contributed by atoms with Gasteiger partial charge in [-0.3, -0.25) is 28.3 Å². The maximum Gasteiger partial charge on any atom is 0.267 e. The predicted molar refractivity (Wildman–Crippen MR) is 135 cm³/mol. The van der Waals surface area contributed by atoms with Crippen LogP contribution in [0.4, 0.5) is 0 Å². The van der Waals surface area contributed by atoms with Gasteiger partial charge in [-0.15, -0.1) is 0 Å². The van der Waals surface area contributed by atoms with Crippen molar-refractivity contribution in [2.45, 2.75) is 27.7 Å². The van der Waals surface area contributed by atoms with Crippen molar-refractivity contribution in [2.24, 2.45) is 0 Å². The van der Waals surface area contributed by atoms with Gasteiger partial charge in [-0.1, -0.05) is 35.4 Å². The fourth-order valence-corrected chi connectivity index (χ4v) is 4.76. The van der Waals surface area contributed by atoms with Crippen LogP contribution in [0, 0.1) is 35.0 Å². The van der Waals surface area contributed by atoms with Crippen LogP contribution in [0.25, 0.3) is 22.9 Å². The molecule has 0 radical (unpaired) electrons. The number of rotatable bonds is 2. The van der Waals surface area contributed by atoms with Gasteiger partial charge >= 0.3 is 0 Å². The molecule has 2 aromatic rings. The Morgan fingerprint density at radius 3 is 1.17 bits per heavy atom. The highest BCUT2D eigenvalue weighted by molar-refractivity contribution is 5.44. The highest BCUT2D eigenvalue weighted by atomic mass is 16.3. The molecule has 8 heteroatoms. The summed E-state index contributed by atoms with van der Waals surface area (Å²) in [5, 5.41) is 19.2. The van der Waals surface area contributed by atoms with E-state index in [1.165, 1.54) is 13.8 Å². The van der Waals surface area contributed by atoms with Crippen molar-refractivity contribution in [1.29, 1.82) is 0 Å². The third kappa shape index (κ3) is 3.07. The first kappa shape index (κ1) is 23.0. The Labute approximate surface area is 202 Å². The van der Waals surface area contributed by atoms with Gasteiger partial charge < -0.3 is 10.2 Å². The van der Waals surface area contributed by atoms with Gasteiger partial charge in [0.25, 0.3) is 11.1 Å². The van der Waals surface area contributed by atoms with Crippen LogP contribution in [0.3, 0.4) is 0 Å². The van der Waals surface area contributed by atoms with Crippen LogP contribution in [0.5, 0.6) is 0 Å². The van der Waals surface area contributed by atoms with Gasteiger partial charge in [0, 0.05) is 11.4 Å². The minimum atomic E-state index is -0.767. The average Bonchev–Trinajstić information content (AvgIpc) is 3.31. The molecule has 5 rings (SSSR count). The maximum atomic E-state index is 14.0. The van der Waals surface area contributed by atoms with Crippen molar-refractivity contribution < 1.29 is 10.2 Å². The summed E-state index contributed by atoms with van der Waals surface area (Å²) in [6.07, 6.45) is 0. The SMILES string of the molecule is C/C(O)=c1\c2c(=O)c3n(-c4ccc(C)cc4)c(=O)/c(=C(/C)O)c=3c(=O)c=2n(-c2ccc(C)cc2)c1=O. The number of nitrogens with zero attached hydrogens (tertiary/aromatic N) is 2. The van der Waals surface area contributed by atoms with Crippen molar-refractivity contribution in [3.05, 3.63) is 132 Å². The number of hydrogen-bond acceptors (Lipinski definition) is 6. The first-order valence-corrected chi connectivity index (χ1v) is 11.2. The highest BCUT2D eigenvalue weighted by Crippen LogP contribution is 2.10. The van der Waals surface area contributed by atoms with Gasteiger partial charge in [0.15, 0.2) is 0 Å². The summed E-state index contributed by atoms with van der Waals surface area (Å²) in [7, 11) is 0. The van der Waals surface area contributed by atoms with E-state index in [0.29, 0.717) is 11.4 Å². The Morgan fingerprint density at radius 1 is 0.583 bits per heavy atom. The Hall–Kier alpha value is -4.72. The molecule has 180 valence electrons. The number of hydrogen-bond donors (Lipinski definition) is 2. The van der Waals surface area contributed by atoms with Crippen LogP contribution in [0.1, 0.15) is 25.0 Å². The summed E-state index contributed by atoms with van der Waals surface area (Å²) in [4.78, 5) is 55.0. The second-order valence-electron chi connectivity index (χ2n) is 8.98. The van der Waals surface area contributed by atoms with Crippen molar-refractivity contribution in [2.75, 3.05) is 0 Å². The van der Waals surface area contributed by atoms with E-state index in [1.54, 1.807) is 48.5 Å². The lowest BCUT2D eigenvalue weighted by atomic mass is 10.1. The van der Waals surface area contributed by atoms with E-state index in [4.69, 9.17) is 0 Å². The molecule has 3 aliphatic rings. The Bertz CT molecular complexity index is 1990. The standard InChI is InChI=1S/C28H22N2O6/c1-13-5-9-17(10-6-13)29-23-21(19(15(3)31)27(29)35)26(34)24-22(25(23)33)20(16(4)32)28(36)30(24)18-11-7-14(2)8-12-18/h5-12,31-32H,1-4H3/b19-15-,20-16-. The minimum absolute atomic E-state index is 0.256. The fraction of sp³-hybridized carbons (Fsp3) is 0.143. The van der Waals surface area contributed by atoms with Crippen LogP contribution in [0.15, 0.2) is 67.7 Å². The third-order valence-electron chi connectivity index (χ3n) is 6.45. The molecule has 0 bridgehead atoms. The molecule has 2 aromatic carbocycles. The molecule has 1 aliphatic carbocycles. The van der Waals surface area contributed by atoms with Gasteiger partial charge in [-0.05, 0) is 52.0 Å². The fourth-order valence-electron chi connectivity index (χ4n) is 4.76. The van der Waals surface area contributed by atoms with Crippen LogP contribution < -0.4 is 32.4 Å². The van der Waals surface area contributed by atoms with E-state index < -0.39 is 33.5 Å². The van der Waals surface area contributed by atoms with E-state index in [1.807, 2.05) is 13.8 Å². The molecular weight excluding hydrogens is 460 g/mol. The molecule has 0 amide bonds. The molecule has 0 unspecified atom stereocenters. The molecular formula is C28H22N2O6. The van der Waals surface area contributed by atoms with Crippen molar-refractivity contribution in [1.82, 2.24) is 9.13 Å². The minimum Gasteiger partial charge on any atom is -0.512 e. The summed E-state index contributed by atoms with van der Waals surface area (Å²) in [6, 6.07) is 13.5. The molecule has 0 saturated carbocycles. The lowest BCUT2D eigenvalue weighted by Gasteiger charge is -2.04. The quantitative estimate of drug-likeness (QED) is 0.388. The second kappa shape index (κ2) is 7.91. The van der Waals surface area contributed by atoms with E-state index >= 15 is 0 Å². The zero-order valence-corrected chi connectivity index (χ0v) is 20.0. The molecule has 0 spiro atoms. The number of aliphatic hydroxyl groups is 2. The summed E-state index contributed by atoms with van der Waals surface area (Å²) in [6.45, 7) is 6.25. The van der Waals surface area contributed by atoms with Crippen LogP contribution in [-0.2, 0) is 0 Å².